The molecule has 0 amide bonds. The summed E-state index contributed by atoms with van der Waals surface area (Å²) in [6.07, 6.45) is 0. The number of halogens is 1. The lowest BCUT2D eigenvalue weighted by Crippen LogP contribution is -2.33. The number of nitrogens with zero attached hydrogens (tertiary/aromatic N) is 2. The van der Waals surface area contributed by atoms with Crippen LogP contribution in [0.1, 0.15) is 5.56 Å². The Bertz CT molecular complexity index is 341. The molecule has 1 aromatic carbocycles. The molecule has 0 saturated carbocycles. The van der Waals surface area contributed by atoms with Crippen LogP contribution in [0.5, 0.6) is 0 Å². The van der Waals surface area contributed by atoms with Crippen LogP contribution in [0.25, 0.3) is 0 Å². The third-order valence-electron chi connectivity index (χ3n) is 1.80. The molecule has 0 fully saturated rings. The van der Waals surface area contributed by atoms with E-state index in [1.165, 1.54) is 17.0 Å². The number of oxime groups is 1. The predicted molar refractivity (Wildman–Crippen MR) is 51.3 cm³/mol. The van der Waals surface area contributed by atoms with Crippen LogP contribution in [-0.4, -0.2) is 23.1 Å². The molecule has 14 heavy (non-hydrogen) atoms. The van der Waals surface area contributed by atoms with E-state index in [2.05, 4.69) is 5.16 Å². The van der Waals surface area contributed by atoms with Crippen LogP contribution in [-0.2, 0) is 6.54 Å². The highest BCUT2D eigenvalue weighted by Gasteiger charge is 2.03. The standard InChI is InChI=1S/C9H12FN3O/c1-13(9(11)12-14)6-7-3-2-4-8(10)5-7/h2-5,14H,6H2,1H3,(H2,11,12). The van der Waals surface area contributed by atoms with Gasteiger partial charge in [-0.25, -0.2) is 4.39 Å². The highest BCUT2D eigenvalue weighted by molar-refractivity contribution is 5.76. The maximum Gasteiger partial charge on any atom is 0.233 e. The molecule has 0 bridgehead atoms. The summed E-state index contributed by atoms with van der Waals surface area (Å²) in [4.78, 5) is 1.51. The highest BCUT2D eigenvalue weighted by atomic mass is 19.1. The molecule has 0 aliphatic carbocycles. The Morgan fingerprint density at radius 2 is 2.36 bits per heavy atom. The second-order valence-electron chi connectivity index (χ2n) is 2.94. The molecule has 1 rings (SSSR count). The van der Waals surface area contributed by atoms with Gasteiger partial charge in [-0.15, -0.1) is 0 Å². The maximum atomic E-state index is 12.8. The molecule has 0 aliphatic rings. The fourth-order valence-electron chi connectivity index (χ4n) is 1.07. The van der Waals surface area contributed by atoms with E-state index in [1.54, 1.807) is 19.2 Å². The van der Waals surface area contributed by atoms with Crippen molar-refractivity contribution < 1.29 is 9.60 Å². The van der Waals surface area contributed by atoms with E-state index in [-0.39, 0.29) is 11.8 Å². The minimum atomic E-state index is -0.296. The first kappa shape index (κ1) is 10.3. The van der Waals surface area contributed by atoms with Gasteiger partial charge >= 0.3 is 0 Å². The van der Waals surface area contributed by atoms with Crippen LogP contribution in [0.4, 0.5) is 4.39 Å². The van der Waals surface area contributed by atoms with Crippen molar-refractivity contribution in [2.75, 3.05) is 7.05 Å². The third kappa shape index (κ3) is 2.62. The lowest BCUT2D eigenvalue weighted by atomic mass is 10.2. The maximum absolute atomic E-state index is 12.8. The zero-order valence-corrected chi connectivity index (χ0v) is 7.81. The van der Waals surface area contributed by atoms with Gasteiger partial charge < -0.3 is 15.8 Å². The van der Waals surface area contributed by atoms with Crippen LogP contribution in [0.3, 0.4) is 0 Å². The summed E-state index contributed by atoms with van der Waals surface area (Å²) in [6, 6.07) is 6.16. The average molecular weight is 197 g/mol. The van der Waals surface area contributed by atoms with Crippen molar-refractivity contribution >= 4 is 5.96 Å². The van der Waals surface area contributed by atoms with Crippen molar-refractivity contribution in [2.24, 2.45) is 10.9 Å². The fraction of sp³-hybridized carbons (Fsp3) is 0.222. The largest absolute Gasteiger partial charge is 0.408 e. The number of hydrogen-bond acceptors (Lipinski definition) is 2. The van der Waals surface area contributed by atoms with Crippen molar-refractivity contribution in [2.45, 2.75) is 6.54 Å². The highest BCUT2D eigenvalue weighted by Crippen LogP contribution is 2.05. The summed E-state index contributed by atoms with van der Waals surface area (Å²) in [5.74, 6) is -0.301. The van der Waals surface area contributed by atoms with Crippen molar-refractivity contribution in [3.05, 3.63) is 35.6 Å². The third-order valence-corrected chi connectivity index (χ3v) is 1.80. The van der Waals surface area contributed by atoms with Gasteiger partial charge in [-0.05, 0) is 17.7 Å². The lowest BCUT2D eigenvalue weighted by Gasteiger charge is -2.16. The zero-order chi connectivity index (χ0) is 10.6. The molecule has 0 saturated heterocycles. The van der Waals surface area contributed by atoms with Gasteiger partial charge in [0.15, 0.2) is 0 Å². The Morgan fingerprint density at radius 1 is 1.64 bits per heavy atom. The topological polar surface area (TPSA) is 61.8 Å². The molecule has 0 heterocycles. The summed E-state index contributed by atoms with van der Waals surface area (Å²) < 4.78 is 12.8. The van der Waals surface area contributed by atoms with Crippen LogP contribution in [0, 0.1) is 5.82 Å². The molecule has 4 nitrogen and oxygen atoms in total. The molecule has 0 aliphatic heterocycles. The van der Waals surface area contributed by atoms with E-state index < -0.39 is 0 Å². The van der Waals surface area contributed by atoms with Crippen molar-refractivity contribution in [3.63, 3.8) is 0 Å². The molecule has 3 N–H and O–H groups in total. The Balaban J connectivity index is 2.69. The monoisotopic (exact) mass is 197 g/mol. The van der Waals surface area contributed by atoms with E-state index in [0.717, 1.165) is 5.56 Å². The van der Waals surface area contributed by atoms with Crippen LogP contribution >= 0.6 is 0 Å². The SMILES string of the molecule is CN(Cc1cccc(F)c1)/C(N)=N/O. The molecule has 0 radical (unpaired) electrons. The summed E-state index contributed by atoms with van der Waals surface area (Å²) in [5, 5.41) is 11.2. The number of rotatable bonds is 2. The van der Waals surface area contributed by atoms with Crippen LogP contribution in [0.2, 0.25) is 0 Å². The van der Waals surface area contributed by atoms with Gasteiger partial charge in [-0.1, -0.05) is 17.3 Å². The molecule has 0 aromatic heterocycles. The number of guanidine groups is 1. The Labute approximate surface area is 81.4 Å². The molecular weight excluding hydrogens is 185 g/mol. The summed E-state index contributed by atoms with van der Waals surface area (Å²) >= 11 is 0. The average Bonchev–Trinajstić information content (AvgIpc) is 2.16. The quantitative estimate of drug-likeness (QED) is 0.321. The summed E-state index contributed by atoms with van der Waals surface area (Å²) in [7, 11) is 1.65. The molecule has 76 valence electrons. The van der Waals surface area contributed by atoms with E-state index in [0.29, 0.717) is 6.54 Å². The molecule has 5 heteroatoms. The number of benzene rings is 1. The first-order chi connectivity index (χ1) is 6.63. The van der Waals surface area contributed by atoms with Gasteiger partial charge in [0, 0.05) is 13.6 Å². The van der Waals surface area contributed by atoms with Gasteiger partial charge in [-0.3, -0.25) is 0 Å². The van der Waals surface area contributed by atoms with Gasteiger partial charge in [0.25, 0.3) is 0 Å². The van der Waals surface area contributed by atoms with E-state index in [9.17, 15) is 4.39 Å². The number of nitrogens with two attached hydrogens (primary N) is 1. The molecule has 0 spiro atoms. The zero-order valence-electron chi connectivity index (χ0n) is 7.81. The van der Waals surface area contributed by atoms with Crippen molar-refractivity contribution in [1.29, 1.82) is 0 Å². The van der Waals surface area contributed by atoms with Gasteiger partial charge in [0.1, 0.15) is 5.82 Å². The second-order valence-corrected chi connectivity index (χ2v) is 2.94. The van der Waals surface area contributed by atoms with Crippen molar-refractivity contribution in [3.8, 4) is 0 Å². The van der Waals surface area contributed by atoms with Crippen molar-refractivity contribution in [1.82, 2.24) is 4.90 Å². The molecule has 1 aromatic rings. The minimum Gasteiger partial charge on any atom is -0.408 e. The Kier molecular flexibility index (Phi) is 3.28. The Hall–Kier alpha value is -1.78. The smallest absolute Gasteiger partial charge is 0.233 e. The number of hydrogen-bond donors (Lipinski definition) is 2. The molecule has 0 unspecified atom stereocenters. The summed E-state index contributed by atoms with van der Waals surface area (Å²) in [5.41, 5.74) is 6.10. The Morgan fingerprint density at radius 3 is 2.93 bits per heavy atom. The minimum absolute atomic E-state index is 0.00531. The second kappa shape index (κ2) is 4.45. The van der Waals surface area contributed by atoms with E-state index in [4.69, 9.17) is 10.9 Å². The predicted octanol–water partition coefficient (Wildman–Crippen LogP) is 0.961. The molecule has 0 atom stereocenters. The van der Waals surface area contributed by atoms with Gasteiger partial charge in [0.05, 0.1) is 0 Å². The van der Waals surface area contributed by atoms with Crippen LogP contribution < -0.4 is 5.73 Å². The van der Waals surface area contributed by atoms with Crippen LogP contribution in [0.15, 0.2) is 29.4 Å². The first-order valence-electron chi connectivity index (χ1n) is 4.06. The van der Waals surface area contributed by atoms with E-state index >= 15 is 0 Å². The summed E-state index contributed by atoms with van der Waals surface area (Å²) in [6.45, 7) is 0.396. The van der Waals surface area contributed by atoms with Gasteiger partial charge in [0.2, 0.25) is 5.96 Å². The van der Waals surface area contributed by atoms with Gasteiger partial charge in [-0.2, -0.15) is 0 Å². The fourth-order valence-corrected chi connectivity index (χ4v) is 1.07. The first-order valence-corrected chi connectivity index (χ1v) is 4.06. The lowest BCUT2D eigenvalue weighted by molar-refractivity contribution is 0.304. The normalized spacial score (nSPS) is 11.4. The van der Waals surface area contributed by atoms with E-state index in [1.807, 2.05) is 0 Å². The molecular formula is C9H12FN3O.